The van der Waals surface area contributed by atoms with Crippen LogP contribution >= 0.6 is 0 Å². The first-order valence-electron chi connectivity index (χ1n) is 9.84. The molecule has 2 fully saturated rings. The molecule has 0 saturated heterocycles. The molecule has 1 atom stereocenters. The van der Waals surface area contributed by atoms with Gasteiger partial charge in [0.25, 0.3) is 0 Å². The number of hydrogen-bond acceptors (Lipinski definition) is 3. The third kappa shape index (κ3) is 3.93. The molecule has 5 heteroatoms. The van der Waals surface area contributed by atoms with E-state index in [0.29, 0.717) is 6.04 Å². The van der Waals surface area contributed by atoms with Crippen molar-refractivity contribution >= 4 is 17.5 Å². The molecule has 0 aliphatic heterocycles. The summed E-state index contributed by atoms with van der Waals surface area (Å²) in [6.45, 7) is 0. The second kappa shape index (κ2) is 8.21. The second-order valence-corrected chi connectivity index (χ2v) is 7.90. The molecule has 3 rings (SSSR count). The zero-order valence-corrected chi connectivity index (χ0v) is 15.9. The van der Waals surface area contributed by atoms with E-state index in [-0.39, 0.29) is 23.7 Å². The molecule has 2 aliphatic carbocycles. The number of carbonyl (C=O) groups is 2. The molecule has 142 valence electrons. The third-order valence-corrected chi connectivity index (χ3v) is 6.36. The minimum atomic E-state index is -0.427. The number of anilines is 1. The lowest BCUT2D eigenvalue weighted by molar-refractivity contribution is -0.136. The van der Waals surface area contributed by atoms with Crippen LogP contribution in [0.4, 0.5) is 5.69 Å². The van der Waals surface area contributed by atoms with Gasteiger partial charge in [0.1, 0.15) is 0 Å². The van der Waals surface area contributed by atoms with E-state index in [4.69, 9.17) is 5.73 Å². The zero-order valence-electron chi connectivity index (χ0n) is 15.9. The summed E-state index contributed by atoms with van der Waals surface area (Å²) in [7, 11) is 3.72. The SMILES string of the molecule is CN(C(=O)C1CCC([C@H](N)C(=O)N(C)C2CCC2)CC1)c1ccccc1. The van der Waals surface area contributed by atoms with Crippen molar-refractivity contribution in [2.45, 2.75) is 57.0 Å². The summed E-state index contributed by atoms with van der Waals surface area (Å²) in [5, 5.41) is 0. The first-order valence-corrected chi connectivity index (χ1v) is 9.84. The normalized spacial score (nSPS) is 24.4. The Balaban J connectivity index is 1.52. The molecule has 0 radical (unpaired) electrons. The first-order chi connectivity index (χ1) is 12.5. The van der Waals surface area contributed by atoms with Gasteiger partial charge in [-0.1, -0.05) is 18.2 Å². The molecule has 0 spiro atoms. The summed E-state index contributed by atoms with van der Waals surface area (Å²) in [6.07, 6.45) is 6.74. The number of hydrogen-bond donors (Lipinski definition) is 1. The number of amides is 2. The van der Waals surface area contributed by atoms with Crippen molar-refractivity contribution in [2.75, 3.05) is 19.0 Å². The molecule has 1 aromatic rings. The molecule has 26 heavy (non-hydrogen) atoms. The van der Waals surface area contributed by atoms with Crippen LogP contribution in [-0.2, 0) is 9.59 Å². The summed E-state index contributed by atoms with van der Waals surface area (Å²) >= 11 is 0. The summed E-state index contributed by atoms with van der Waals surface area (Å²) in [5.74, 6) is 0.464. The van der Waals surface area contributed by atoms with Crippen LogP contribution in [0.2, 0.25) is 0 Å². The predicted molar refractivity (Wildman–Crippen MR) is 104 cm³/mol. The van der Waals surface area contributed by atoms with Crippen molar-refractivity contribution in [2.24, 2.45) is 17.6 Å². The maximum absolute atomic E-state index is 12.8. The van der Waals surface area contributed by atoms with E-state index in [9.17, 15) is 9.59 Å². The summed E-state index contributed by atoms with van der Waals surface area (Å²) in [4.78, 5) is 29.0. The molecule has 5 nitrogen and oxygen atoms in total. The first kappa shape index (κ1) is 18.9. The van der Waals surface area contributed by atoms with E-state index in [2.05, 4.69) is 0 Å². The van der Waals surface area contributed by atoms with Crippen molar-refractivity contribution in [3.05, 3.63) is 30.3 Å². The maximum atomic E-state index is 12.8. The van der Waals surface area contributed by atoms with E-state index < -0.39 is 6.04 Å². The van der Waals surface area contributed by atoms with Gasteiger partial charge in [0.2, 0.25) is 11.8 Å². The number of nitrogens with two attached hydrogens (primary N) is 1. The monoisotopic (exact) mass is 357 g/mol. The van der Waals surface area contributed by atoms with E-state index >= 15 is 0 Å². The Morgan fingerprint density at radius 3 is 2.15 bits per heavy atom. The second-order valence-electron chi connectivity index (χ2n) is 7.90. The molecule has 0 bridgehead atoms. The van der Waals surface area contributed by atoms with Gasteiger partial charge < -0.3 is 15.5 Å². The van der Waals surface area contributed by atoms with Crippen LogP contribution in [0.1, 0.15) is 44.9 Å². The van der Waals surface area contributed by atoms with Crippen molar-refractivity contribution in [3.8, 4) is 0 Å². The highest BCUT2D eigenvalue weighted by Gasteiger charge is 2.36. The highest BCUT2D eigenvalue weighted by Crippen LogP contribution is 2.33. The van der Waals surface area contributed by atoms with Crippen LogP contribution in [0.25, 0.3) is 0 Å². The summed E-state index contributed by atoms with van der Waals surface area (Å²) < 4.78 is 0. The van der Waals surface area contributed by atoms with Gasteiger partial charge in [-0.15, -0.1) is 0 Å². The van der Waals surface area contributed by atoms with Gasteiger partial charge in [-0.2, -0.15) is 0 Å². The summed E-state index contributed by atoms with van der Waals surface area (Å²) in [6, 6.07) is 9.70. The molecular weight excluding hydrogens is 326 g/mol. The van der Waals surface area contributed by atoms with Crippen molar-refractivity contribution in [1.29, 1.82) is 0 Å². The van der Waals surface area contributed by atoms with Gasteiger partial charge in [0, 0.05) is 31.7 Å². The minimum absolute atomic E-state index is 0.0307. The van der Waals surface area contributed by atoms with Crippen LogP contribution in [0.5, 0.6) is 0 Å². The van der Waals surface area contributed by atoms with Gasteiger partial charge in [0.05, 0.1) is 6.04 Å². The van der Waals surface area contributed by atoms with E-state index in [1.165, 1.54) is 6.42 Å². The molecule has 2 saturated carbocycles. The molecule has 2 N–H and O–H groups in total. The number of carbonyl (C=O) groups excluding carboxylic acids is 2. The smallest absolute Gasteiger partial charge is 0.239 e. The van der Waals surface area contributed by atoms with Crippen LogP contribution in [0.3, 0.4) is 0 Å². The molecule has 2 aliphatic rings. The van der Waals surface area contributed by atoms with Crippen molar-refractivity contribution < 1.29 is 9.59 Å². The van der Waals surface area contributed by atoms with E-state index in [1.807, 2.05) is 49.3 Å². The Kier molecular flexibility index (Phi) is 5.97. The molecule has 1 aromatic carbocycles. The van der Waals surface area contributed by atoms with Crippen LogP contribution < -0.4 is 10.6 Å². The number of benzene rings is 1. The molecule has 0 heterocycles. The molecule has 0 unspecified atom stereocenters. The fraction of sp³-hybridized carbons (Fsp3) is 0.619. The van der Waals surface area contributed by atoms with Gasteiger partial charge in [-0.25, -0.2) is 0 Å². The molecular formula is C21H31N3O2. The number of rotatable bonds is 5. The lowest BCUT2D eigenvalue weighted by Crippen LogP contribution is -2.52. The Labute approximate surface area is 156 Å². The van der Waals surface area contributed by atoms with Gasteiger partial charge >= 0.3 is 0 Å². The Hall–Kier alpha value is -1.88. The van der Waals surface area contributed by atoms with Gasteiger partial charge in [-0.3, -0.25) is 9.59 Å². The van der Waals surface area contributed by atoms with Crippen molar-refractivity contribution in [3.63, 3.8) is 0 Å². The average molecular weight is 357 g/mol. The highest BCUT2D eigenvalue weighted by molar-refractivity contribution is 5.94. The van der Waals surface area contributed by atoms with Gasteiger partial charge in [0.15, 0.2) is 0 Å². The molecule has 0 aromatic heterocycles. The lowest BCUT2D eigenvalue weighted by Gasteiger charge is -2.39. The maximum Gasteiger partial charge on any atom is 0.239 e. The predicted octanol–water partition coefficient (Wildman–Crippen LogP) is 2.79. The van der Waals surface area contributed by atoms with Crippen LogP contribution in [-0.4, -0.2) is 42.9 Å². The standard InChI is InChI=1S/C21H31N3O2/c1-23(17-7-4-3-5-8-17)20(25)16-13-11-15(12-14-16)19(22)21(26)24(2)18-9-6-10-18/h3-5,7-8,15-16,18-19H,6,9-14,22H2,1-2H3/t15?,16?,19-/m0/s1. The highest BCUT2D eigenvalue weighted by atomic mass is 16.2. The minimum Gasteiger partial charge on any atom is -0.341 e. The largest absolute Gasteiger partial charge is 0.341 e. The third-order valence-electron chi connectivity index (χ3n) is 6.36. The fourth-order valence-electron chi connectivity index (χ4n) is 4.17. The number of para-hydroxylation sites is 1. The molecule has 2 amide bonds. The topological polar surface area (TPSA) is 66.6 Å². The van der Waals surface area contributed by atoms with E-state index in [1.54, 1.807) is 4.90 Å². The zero-order chi connectivity index (χ0) is 18.7. The Morgan fingerprint density at radius 1 is 1.00 bits per heavy atom. The van der Waals surface area contributed by atoms with Gasteiger partial charge in [-0.05, 0) is 63.0 Å². The number of likely N-dealkylation sites (N-methyl/N-ethyl adjacent to an activating group) is 1. The lowest BCUT2D eigenvalue weighted by atomic mass is 9.77. The number of nitrogens with zero attached hydrogens (tertiary/aromatic N) is 2. The van der Waals surface area contributed by atoms with Crippen LogP contribution in [0, 0.1) is 11.8 Å². The van der Waals surface area contributed by atoms with Crippen LogP contribution in [0.15, 0.2) is 30.3 Å². The van der Waals surface area contributed by atoms with E-state index in [0.717, 1.165) is 44.2 Å². The summed E-state index contributed by atoms with van der Waals surface area (Å²) in [5.41, 5.74) is 7.22. The Morgan fingerprint density at radius 2 is 1.62 bits per heavy atom. The fourth-order valence-corrected chi connectivity index (χ4v) is 4.17. The quantitative estimate of drug-likeness (QED) is 0.881. The average Bonchev–Trinajstić information content (AvgIpc) is 2.65. The van der Waals surface area contributed by atoms with Crippen molar-refractivity contribution in [1.82, 2.24) is 4.90 Å². The Bertz CT molecular complexity index is 621.